The lowest BCUT2D eigenvalue weighted by molar-refractivity contribution is 1.18. The van der Waals surface area contributed by atoms with Crippen molar-refractivity contribution < 1.29 is 0 Å². The molecule has 10 aromatic rings. The second-order valence-corrected chi connectivity index (χ2v) is 12.7. The van der Waals surface area contributed by atoms with Crippen LogP contribution in [0.3, 0.4) is 0 Å². The summed E-state index contributed by atoms with van der Waals surface area (Å²) in [5, 5.41) is 8.00. The van der Waals surface area contributed by atoms with Gasteiger partial charge >= 0.3 is 0 Å². The Morgan fingerprint density at radius 1 is 0.340 bits per heavy atom. The number of aromatic nitrogens is 4. The van der Waals surface area contributed by atoms with Gasteiger partial charge in [-0.3, -0.25) is 4.98 Å². The van der Waals surface area contributed by atoms with Crippen molar-refractivity contribution in [1.29, 1.82) is 0 Å². The van der Waals surface area contributed by atoms with E-state index in [0.717, 1.165) is 71.7 Å². The largest absolute Gasteiger partial charge is 0.254 e. The predicted octanol–water partition coefficient (Wildman–Crippen LogP) is 11.7. The predicted molar refractivity (Wildman–Crippen MR) is 207 cm³/mol. The van der Waals surface area contributed by atoms with Gasteiger partial charge in [-0.25, -0.2) is 15.0 Å². The highest BCUT2D eigenvalue weighted by Crippen LogP contribution is 2.39. The molecule has 0 spiro atoms. The van der Waals surface area contributed by atoms with Crippen molar-refractivity contribution in [2.24, 2.45) is 0 Å². The second kappa shape index (κ2) is 11.4. The lowest BCUT2D eigenvalue weighted by atomic mass is 9.93. The van der Waals surface area contributed by atoms with Gasteiger partial charge < -0.3 is 0 Å². The van der Waals surface area contributed by atoms with E-state index in [1.807, 2.05) is 48.7 Å². The summed E-state index contributed by atoms with van der Waals surface area (Å²) in [4.78, 5) is 20.0. The van der Waals surface area contributed by atoms with E-state index in [0.29, 0.717) is 5.82 Å². The molecule has 0 aliphatic carbocycles. The van der Waals surface area contributed by atoms with Crippen LogP contribution in [0.4, 0.5) is 0 Å². The van der Waals surface area contributed by atoms with Crippen LogP contribution in [0.2, 0.25) is 0 Å². The smallest absolute Gasteiger partial charge is 0.160 e. The number of fused-ring (bicyclic) bond motifs is 6. The number of rotatable bonds is 4. The lowest BCUT2D eigenvalue weighted by Crippen LogP contribution is -1.96. The molecule has 10 rings (SSSR count). The van der Waals surface area contributed by atoms with Crippen molar-refractivity contribution in [2.75, 3.05) is 0 Å². The maximum Gasteiger partial charge on any atom is 0.160 e. The normalized spacial score (nSPS) is 11.6. The van der Waals surface area contributed by atoms with Crippen molar-refractivity contribution in [3.8, 4) is 45.0 Å². The highest BCUT2D eigenvalue weighted by atomic mass is 14.9. The van der Waals surface area contributed by atoms with E-state index in [2.05, 4.69) is 121 Å². The molecule has 50 heavy (non-hydrogen) atoms. The Balaban J connectivity index is 1.12. The van der Waals surface area contributed by atoms with Crippen molar-refractivity contribution in [3.63, 3.8) is 0 Å². The molecule has 232 valence electrons. The molecule has 3 aromatic heterocycles. The zero-order valence-corrected chi connectivity index (χ0v) is 27.0. The molecular weight excluding hydrogens is 609 g/mol. The molecule has 7 aromatic carbocycles. The van der Waals surface area contributed by atoms with Crippen LogP contribution in [0.5, 0.6) is 0 Å². The van der Waals surface area contributed by atoms with Gasteiger partial charge in [0.1, 0.15) is 0 Å². The first kappa shape index (κ1) is 28.3. The molecule has 0 N–H and O–H groups in total. The van der Waals surface area contributed by atoms with Gasteiger partial charge in [-0.15, -0.1) is 0 Å². The fourth-order valence-electron chi connectivity index (χ4n) is 7.19. The maximum atomic E-state index is 5.10. The first-order valence-electron chi connectivity index (χ1n) is 16.8. The zero-order valence-electron chi connectivity index (χ0n) is 27.0. The lowest BCUT2D eigenvalue weighted by Gasteiger charge is -2.14. The van der Waals surface area contributed by atoms with Gasteiger partial charge in [0.05, 0.1) is 27.9 Å². The standard InChI is InChI=1S/C46H28N4/c1-3-10-29(11-4-1)41-28-42(30-12-5-2-6-13-30)50-46(49-41)35-20-18-33-24-36-26-34(19-17-32(36)25-37(33)27-35)43-38-15-7-8-16-40(38)48-45-39(43)22-21-31-14-9-23-47-44(31)45/h1-28H. The van der Waals surface area contributed by atoms with Crippen LogP contribution in [0.1, 0.15) is 0 Å². The molecule has 0 aliphatic rings. The fraction of sp³-hybridized carbons (Fsp3) is 0. The van der Waals surface area contributed by atoms with E-state index < -0.39 is 0 Å². The monoisotopic (exact) mass is 636 g/mol. The number of hydrogen-bond acceptors (Lipinski definition) is 4. The fourth-order valence-corrected chi connectivity index (χ4v) is 7.19. The minimum atomic E-state index is 0.709. The van der Waals surface area contributed by atoms with Crippen molar-refractivity contribution in [2.45, 2.75) is 0 Å². The van der Waals surface area contributed by atoms with Crippen LogP contribution in [-0.2, 0) is 0 Å². The number of para-hydroxylation sites is 1. The molecule has 0 saturated heterocycles. The first-order valence-corrected chi connectivity index (χ1v) is 16.8. The van der Waals surface area contributed by atoms with Crippen molar-refractivity contribution >= 4 is 54.3 Å². The second-order valence-electron chi connectivity index (χ2n) is 12.7. The average molecular weight is 637 g/mol. The molecular formula is C46H28N4. The molecule has 0 atom stereocenters. The molecule has 0 fully saturated rings. The summed E-state index contributed by atoms with van der Waals surface area (Å²) in [6, 6.07) is 57.4. The average Bonchev–Trinajstić information content (AvgIpc) is 3.19. The molecule has 0 radical (unpaired) electrons. The first-order chi connectivity index (χ1) is 24.7. The Labute approximate surface area is 288 Å². The van der Waals surface area contributed by atoms with E-state index in [1.165, 1.54) is 21.7 Å². The van der Waals surface area contributed by atoms with E-state index >= 15 is 0 Å². The van der Waals surface area contributed by atoms with Crippen LogP contribution in [0, 0.1) is 0 Å². The summed E-state index contributed by atoms with van der Waals surface area (Å²) in [6.45, 7) is 0. The molecule has 0 unspecified atom stereocenters. The molecule has 0 saturated carbocycles. The Kier molecular flexibility index (Phi) is 6.46. The molecule has 0 bridgehead atoms. The van der Waals surface area contributed by atoms with E-state index in [-0.39, 0.29) is 0 Å². The van der Waals surface area contributed by atoms with Gasteiger partial charge in [-0.05, 0) is 69.6 Å². The topological polar surface area (TPSA) is 51.6 Å². The van der Waals surface area contributed by atoms with E-state index in [1.54, 1.807) is 0 Å². The minimum Gasteiger partial charge on any atom is -0.254 e. The third-order valence-electron chi connectivity index (χ3n) is 9.63. The summed E-state index contributed by atoms with van der Waals surface area (Å²) < 4.78 is 0. The number of hydrogen-bond donors (Lipinski definition) is 0. The van der Waals surface area contributed by atoms with Gasteiger partial charge in [-0.2, -0.15) is 0 Å². The van der Waals surface area contributed by atoms with E-state index in [9.17, 15) is 0 Å². The van der Waals surface area contributed by atoms with Crippen LogP contribution in [0.25, 0.3) is 99.3 Å². The summed E-state index contributed by atoms with van der Waals surface area (Å²) >= 11 is 0. The molecule has 3 heterocycles. The van der Waals surface area contributed by atoms with Crippen molar-refractivity contribution in [1.82, 2.24) is 19.9 Å². The highest BCUT2D eigenvalue weighted by molar-refractivity contribution is 6.16. The maximum absolute atomic E-state index is 5.10. The van der Waals surface area contributed by atoms with Crippen molar-refractivity contribution in [3.05, 3.63) is 170 Å². The SMILES string of the molecule is c1ccc(-c2cc(-c3ccccc3)nc(-c3ccc4cc5cc(-c6c7ccccc7nc7c6ccc6cccnc67)ccc5cc4c3)n2)cc1. The van der Waals surface area contributed by atoms with Crippen LogP contribution in [0.15, 0.2) is 170 Å². The number of nitrogens with zero attached hydrogens (tertiary/aromatic N) is 4. The molecule has 4 nitrogen and oxygen atoms in total. The number of pyridine rings is 2. The summed E-state index contributed by atoms with van der Waals surface area (Å²) in [5.41, 5.74) is 10.1. The molecule has 0 aliphatic heterocycles. The van der Waals surface area contributed by atoms with Gasteiger partial charge in [-0.1, -0.05) is 121 Å². The van der Waals surface area contributed by atoms with Gasteiger partial charge in [0.15, 0.2) is 5.82 Å². The van der Waals surface area contributed by atoms with Crippen LogP contribution in [-0.4, -0.2) is 19.9 Å². The summed E-state index contributed by atoms with van der Waals surface area (Å²) in [7, 11) is 0. The minimum absolute atomic E-state index is 0.709. The molecule has 4 heteroatoms. The zero-order chi connectivity index (χ0) is 33.0. The Bertz CT molecular complexity index is 2860. The number of benzene rings is 7. The van der Waals surface area contributed by atoms with Gasteiger partial charge in [0.25, 0.3) is 0 Å². The molecule has 0 amide bonds. The highest BCUT2D eigenvalue weighted by Gasteiger charge is 2.15. The Morgan fingerprint density at radius 2 is 0.960 bits per heavy atom. The third-order valence-corrected chi connectivity index (χ3v) is 9.63. The van der Waals surface area contributed by atoms with Crippen LogP contribution >= 0.6 is 0 Å². The Hall–Kier alpha value is -6.78. The third kappa shape index (κ3) is 4.77. The van der Waals surface area contributed by atoms with Gasteiger partial charge in [0, 0.05) is 44.6 Å². The van der Waals surface area contributed by atoms with E-state index in [4.69, 9.17) is 19.9 Å². The van der Waals surface area contributed by atoms with Crippen LogP contribution < -0.4 is 0 Å². The summed E-state index contributed by atoms with van der Waals surface area (Å²) in [5.74, 6) is 0.709. The summed E-state index contributed by atoms with van der Waals surface area (Å²) in [6.07, 6.45) is 1.85. The Morgan fingerprint density at radius 3 is 1.68 bits per heavy atom. The quantitative estimate of drug-likeness (QED) is 0.142. The van der Waals surface area contributed by atoms with Gasteiger partial charge in [0.2, 0.25) is 0 Å².